The first kappa shape index (κ1) is 22.6. The number of nitrogens with zero attached hydrogens (tertiary/aromatic N) is 3. The van der Waals surface area contributed by atoms with Crippen LogP contribution in [0.5, 0.6) is 0 Å². The average Bonchev–Trinajstić information content (AvgIpc) is 3.18. The summed E-state index contributed by atoms with van der Waals surface area (Å²) in [7, 11) is 2.14. The zero-order valence-electron chi connectivity index (χ0n) is 19.2. The third-order valence-corrected chi connectivity index (χ3v) is 6.28. The predicted molar refractivity (Wildman–Crippen MR) is 133 cm³/mol. The zero-order chi connectivity index (χ0) is 22.4. The Morgan fingerprint density at radius 3 is 2.38 bits per heavy atom. The molecule has 0 bridgehead atoms. The molecule has 6 rings (SSSR count). The van der Waals surface area contributed by atoms with Gasteiger partial charge in [0.25, 0.3) is 0 Å². The summed E-state index contributed by atoms with van der Waals surface area (Å²) in [5.74, 6) is 1.09. The van der Waals surface area contributed by atoms with E-state index in [1.165, 1.54) is 27.4 Å². The molecule has 0 aliphatic rings. The number of fused-ring (bicyclic) bond motifs is 3. The predicted octanol–water partition coefficient (Wildman–Crippen LogP) is 6.24. The normalized spacial score (nSPS) is 11.0. The van der Waals surface area contributed by atoms with Crippen molar-refractivity contribution in [3.05, 3.63) is 115 Å². The first-order valence-electron chi connectivity index (χ1n) is 11.1. The van der Waals surface area contributed by atoms with Crippen molar-refractivity contribution in [1.29, 1.82) is 0 Å². The number of benzene rings is 4. The van der Waals surface area contributed by atoms with Gasteiger partial charge < -0.3 is 4.98 Å². The van der Waals surface area contributed by atoms with Crippen LogP contribution in [0, 0.1) is 19.2 Å². The molecule has 0 amide bonds. The summed E-state index contributed by atoms with van der Waals surface area (Å²) in [5.41, 5.74) is 7.66. The molecule has 2 aromatic heterocycles. The van der Waals surface area contributed by atoms with E-state index in [0.29, 0.717) is 0 Å². The summed E-state index contributed by atoms with van der Waals surface area (Å²) in [6.07, 6.45) is 4.85. The maximum absolute atomic E-state index is 4.18. The molecule has 3 nitrogen and oxygen atoms in total. The molecular formula is C30H22N3Y-. The molecule has 0 saturated carbocycles. The van der Waals surface area contributed by atoms with Crippen LogP contribution in [0.25, 0.3) is 50.0 Å². The maximum Gasteiger partial charge on any atom is 0.229 e. The van der Waals surface area contributed by atoms with Crippen LogP contribution in [0.3, 0.4) is 0 Å². The van der Waals surface area contributed by atoms with E-state index < -0.39 is 0 Å². The smallest absolute Gasteiger partial charge is 0.229 e. The van der Waals surface area contributed by atoms with E-state index >= 15 is 0 Å². The molecule has 34 heavy (non-hydrogen) atoms. The second-order valence-corrected chi connectivity index (χ2v) is 8.30. The summed E-state index contributed by atoms with van der Waals surface area (Å²) in [5, 5.41) is 2.46. The molecule has 0 atom stereocenters. The van der Waals surface area contributed by atoms with Crippen LogP contribution in [-0.4, -0.2) is 9.55 Å². The fourth-order valence-corrected chi connectivity index (χ4v) is 4.66. The van der Waals surface area contributed by atoms with Gasteiger partial charge in [0.15, 0.2) is 11.0 Å². The van der Waals surface area contributed by atoms with E-state index in [-0.39, 0.29) is 32.7 Å². The van der Waals surface area contributed by atoms with Crippen LogP contribution in [0.2, 0.25) is 0 Å². The maximum atomic E-state index is 4.18. The Bertz CT molecular complexity index is 1620. The number of aromatic nitrogens is 3. The SMILES string of the molecule is Cc1ccc(-c2[c-]nccc2)[c-]c1-c1n(-c2ccccc2)c2c3ccccc3ccc2[n+]1C.[Y]. The van der Waals surface area contributed by atoms with Crippen molar-refractivity contribution in [1.82, 2.24) is 9.55 Å². The molecule has 6 aromatic rings. The molecule has 0 N–H and O–H groups in total. The minimum absolute atomic E-state index is 0. The van der Waals surface area contributed by atoms with Gasteiger partial charge in [-0.05, 0) is 41.3 Å². The van der Waals surface area contributed by atoms with Crippen LogP contribution in [0.1, 0.15) is 5.56 Å². The minimum atomic E-state index is 0. The molecule has 0 aliphatic heterocycles. The minimum Gasteiger partial charge on any atom is -0.369 e. The monoisotopic (exact) mass is 513 g/mol. The van der Waals surface area contributed by atoms with Gasteiger partial charge in [-0.1, -0.05) is 55.7 Å². The molecule has 0 unspecified atom stereocenters. The van der Waals surface area contributed by atoms with Crippen molar-refractivity contribution < 1.29 is 37.3 Å². The Kier molecular flexibility index (Phi) is 6.16. The molecular weight excluding hydrogens is 491 g/mol. The van der Waals surface area contributed by atoms with Crippen LogP contribution in [0.4, 0.5) is 0 Å². The summed E-state index contributed by atoms with van der Waals surface area (Å²) in [6.45, 7) is 2.15. The van der Waals surface area contributed by atoms with Gasteiger partial charge in [-0.3, -0.25) is 4.57 Å². The van der Waals surface area contributed by atoms with Gasteiger partial charge in [0, 0.05) is 38.1 Å². The van der Waals surface area contributed by atoms with Gasteiger partial charge in [0.05, 0.1) is 7.05 Å². The average molecular weight is 513 g/mol. The number of para-hydroxylation sites is 1. The standard InChI is InChI=1S/C30H22N3.Y/c1-21-14-15-23(24-10-8-18-31-20-24)19-27(21)30-32(2)28-17-16-22-9-6-7-13-26(22)29(28)33(30)25-11-4-3-5-12-25;/h3-18H,1-2H3;/q-1;. The van der Waals surface area contributed by atoms with Crippen LogP contribution in [0.15, 0.2) is 97.2 Å². The zero-order valence-corrected chi connectivity index (χ0v) is 22.0. The summed E-state index contributed by atoms with van der Waals surface area (Å²) in [4.78, 5) is 4.18. The van der Waals surface area contributed by atoms with E-state index in [2.05, 4.69) is 119 Å². The Morgan fingerprint density at radius 1 is 0.794 bits per heavy atom. The van der Waals surface area contributed by atoms with Crippen molar-refractivity contribution in [3.8, 4) is 28.2 Å². The largest absolute Gasteiger partial charge is 0.369 e. The van der Waals surface area contributed by atoms with Gasteiger partial charge >= 0.3 is 0 Å². The Balaban J connectivity index is 0.00000241. The number of aryl methyl sites for hydroxylation is 2. The molecule has 2 heterocycles. The van der Waals surface area contributed by atoms with Crippen molar-refractivity contribution >= 4 is 21.8 Å². The Morgan fingerprint density at radius 2 is 1.59 bits per heavy atom. The van der Waals surface area contributed by atoms with E-state index in [1.807, 2.05) is 12.1 Å². The third-order valence-electron chi connectivity index (χ3n) is 6.28. The molecule has 4 aromatic carbocycles. The van der Waals surface area contributed by atoms with Crippen LogP contribution in [-0.2, 0) is 39.8 Å². The van der Waals surface area contributed by atoms with Gasteiger partial charge in [-0.25, -0.2) is 4.57 Å². The second kappa shape index (κ2) is 9.25. The third kappa shape index (κ3) is 3.70. The Labute approximate surface area is 224 Å². The van der Waals surface area contributed by atoms with Crippen molar-refractivity contribution in [2.75, 3.05) is 0 Å². The van der Waals surface area contributed by atoms with Crippen molar-refractivity contribution in [2.24, 2.45) is 7.05 Å². The second-order valence-electron chi connectivity index (χ2n) is 8.30. The van der Waals surface area contributed by atoms with Gasteiger partial charge in [-0.15, -0.1) is 17.7 Å². The molecule has 0 saturated heterocycles. The molecule has 0 spiro atoms. The Hall–Kier alpha value is -3.14. The van der Waals surface area contributed by atoms with Crippen LogP contribution < -0.4 is 4.57 Å². The van der Waals surface area contributed by atoms with E-state index in [4.69, 9.17) is 0 Å². The molecule has 0 fully saturated rings. The summed E-state index contributed by atoms with van der Waals surface area (Å²) in [6, 6.07) is 35.5. The molecule has 1 radical (unpaired) electrons. The van der Waals surface area contributed by atoms with Crippen molar-refractivity contribution in [2.45, 2.75) is 6.92 Å². The number of hydrogen-bond acceptors (Lipinski definition) is 1. The molecule has 4 heteroatoms. The topological polar surface area (TPSA) is 21.7 Å². The van der Waals surface area contributed by atoms with Crippen molar-refractivity contribution in [3.63, 3.8) is 0 Å². The van der Waals surface area contributed by atoms with E-state index in [1.54, 1.807) is 6.20 Å². The summed E-state index contributed by atoms with van der Waals surface area (Å²) >= 11 is 0. The first-order valence-corrected chi connectivity index (χ1v) is 11.1. The fraction of sp³-hybridized carbons (Fsp3) is 0.0667. The van der Waals surface area contributed by atoms with E-state index in [0.717, 1.165) is 28.2 Å². The van der Waals surface area contributed by atoms with Gasteiger partial charge in [0.2, 0.25) is 5.82 Å². The molecule has 161 valence electrons. The summed E-state index contributed by atoms with van der Waals surface area (Å²) < 4.78 is 4.65. The first-order chi connectivity index (χ1) is 16.2. The molecule has 0 aliphatic carbocycles. The van der Waals surface area contributed by atoms with Crippen LogP contribution >= 0.6 is 0 Å². The van der Waals surface area contributed by atoms with Gasteiger partial charge in [0.1, 0.15) is 5.69 Å². The fourth-order valence-electron chi connectivity index (χ4n) is 4.66. The quantitative estimate of drug-likeness (QED) is 0.203. The number of rotatable bonds is 3. The number of pyridine rings is 1. The number of imidazole rings is 1. The van der Waals surface area contributed by atoms with Gasteiger partial charge in [-0.2, -0.15) is 29.3 Å². The number of hydrogen-bond donors (Lipinski definition) is 0. The van der Waals surface area contributed by atoms with E-state index in [9.17, 15) is 0 Å².